The Morgan fingerprint density at radius 2 is 2.00 bits per heavy atom. The molecule has 0 aliphatic heterocycles. The molecule has 22 heavy (non-hydrogen) atoms. The number of carbonyl (C=O) groups is 1. The zero-order chi connectivity index (χ0) is 15.9. The van der Waals surface area contributed by atoms with Crippen LogP contribution in [0.3, 0.4) is 0 Å². The monoisotopic (exact) mass is 296 g/mol. The van der Waals surface area contributed by atoms with Crippen molar-refractivity contribution in [2.45, 2.75) is 13.3 Å². The average molecular weight is 296 g/mol. The van der Waals surface area contributed by atoms with Crippen molar-refractivity contribution in [3.8, 4) is 0 Å². The number of hydrogen-bond donors (Lipinski definition) is 1. The molecule has 0 saturated heterocycles. The third-order valence-corrected chi connectivity index (χ3v) is 3.11. The van der Waals surface area contributed by atoms with Crippen LogP contribution in [0.1, 0.15) is 18.1 Å². The second-order valence-corrected chi connectivity index (χ2v) is 4.73. The highest BCUT2D eigenvalue weighted by Crippen LogP contribution is 2.15. The number of nitrogens with one attached hydrogen (secondary N) is 1. The smallest absolute Gasteiger partial charge is 0.270 e. The van der Waals surface area contributed by atoms with E-state index >= 15 is 0 Å². The van der Waals surface area contributed by atoms with Crippen molar-refractivity contribution in [3.05, 3.63) is 75.8 Å². The van der Waals surface area contributed by atoms with Gasteiger partial charge in [-0.2, -0.15) is 0 Å². The molecule has 2 aromatic carbocycles. The van der Waals surface area contributed by atoms with Crippen molar-refractivity contribution in [1.82, 2.24) is 0 Å². The average Bonchev–Trinajstić information content (AvgIpc) is 2.53. The highest BCUT2D eigenvalue weighted by molar-refractivity contribution is 6.01. The third kappa shape index (κ3) is 4.28. The molecule has 0 bridgehead atoms. The largest absolute Gasteiger partial charge is 0.323 e. The predicted octanol–water partition coefficient (Wildman–Crippen LogP) is 3.81. The van der Waals surface area contributed by atoms with Gasteiger partial charge in [0.2, 0.25) is 5.91 Å². The fourth-order valence-electron chi connectivity index (χ4n) is 1.97. The molecule has 0 fully saturated rings. The summed E-state index contributed by atoms with van der Waals surface area (Å²) < 4.78 is 0. The summed E-state index contributed by atoms with van der Waals surface area (Å²) in [4.78, 5) is 22.1. The molecule has 1 amide bonds. The molecule has 1 N–H and O–H groups in total. The number of rotatable bonds is 5. The van der Waals surface area contributed by atoms with Crippen molar-refractivity contribution in [1.29, 1.82) is 0 Å². The quantitative estimate of drug-likeness (QED) is 0.518. The van der Waals surface area contributed by atoms with Crippen LogP contribution in [0.15, 0.2) is 54.6 Å². The summed E-state index contributed by atoms with van der Waals surface area (Å²) in [6.45, 7) is 2.04. The van der Waals surface area contributed by atoms with Crippen molar-refractivity contribution in [2.75, 3.05) is 5.32 Å². The van der Waals surface area contributed by atoms with E-state index in [0.29, 0.717) is 5.56 Å². The fraction of sp³-hybridized carbons (Fsp3) is 0.118. The molecule has 112 valence electrons. The lowest BCUT2D eigenvalue weighted by molar-refractivity contribution is -0.384. The fourth-order valence-corrected chi connectivity index (χ4v) is 1.97. The van der Waals surface area contributed by atoms with Gasteiger partial charge in [-0.3, -0.25) is 14.9 Å². The van der Waals surface area contributed by atoms with Crippen molar-refractivity contribution in [3.63, 3.8) is 0 Å². The van der Waals surface area contributed by atoms with Gasteiger partial charge in [0, 0.05) is 23.9 Å². The second-order valence-electron chi connectivity index (χ2n) is 4.73. The van der Waals surface area contributed by atoms with Crippen LogP contribution >= 0.6 is 0 Å². The van der Waals surface area contributed by atoms with E-state index in [1.54, 1.807) is 18.2 Å². The van der Waals surface area contributed by atoms with Crippen LogP contribution in [0.25, 0.3) is 6.08 Å². The summed E-state index contributed by atoms with van der Waals surface area (Å²) in [5.41, 5.74) is 2.47. The van der Waals surface area contributed by atoms with E-state index in [0.717, 1.165) is 17.7 Å². The van der Waals surface area contributed by atoms with Crippen molar-refractivity contribution >= 4 is 23.4 Å². The number of aryl methyl sites for hydroxylation is 1. The van der Waals surface area contributed by atoms with Crippen LogP contribution in [-0.4, -0.2) is 10.8 Å². The van der Waals surface area contributed by atoms with Gasteiger partial charge in [-0.25, -0.2) is 0 Å². The van der Waals surface area contributed by atoms with Crippen LogP contribution in [0.2, 0.25) is 0 Å². The minimum absolute atomic E-state index is 0.00166. The number of anilines is 1. The van der Waals surface area contributed by atoms with E-state index in [1.807, 2.05) is 31.2 Å². The molecule has 0 spiro atoms. The van der Waals surface area contributed by atoms with E-state index < -0.39 is 4.92 Å². The van der Waals surface area contributed by atoms with Gasteiger partial charge in [-0.15, -0.1) is 0 Å². The molecule has 2 aromatic rings. The maximum absolute atomic E-state index is 11.9. The molecule has 2 rings (SSSR count). The van der Waals surface area contributed by atoms with Crippen LogP contribution in [-0.2, 0) is 11.2 Å². The van der Waals surface area contributed by atoms with Gasteiger partial charge >= 0.3 is 0 Å². The van der Waals surface area contributed by atoms with Crippen molar-refractivity contribution in [2.24, 2.45) is 0 Å². The minimum atomic E-state index is -0.465. The zero-order valence-electron chi connectivity index (χ0n) is 12.2. The van der Waals surface area contributed by atoms with Crippen molar-refractivity contribution < 1.29 is 9.72 Å². The molecule has 5 nitrogen and oxygen atoms in total. The first-order valence-electron chi connectivity index (χ1n) is 6.91. The van der Waals surface area contributed by atoms with Gasteiger partial charge < -0.3 is 5.32 Å². The summed E-state index contributed by atoms with van der Waals surface area (Å²) in [5, 5.41) is 13.5. The Bertz CT molecular complexity index is 723. The number of carbonyl (C=O) groups excluding carboxylic acids is 1. The van der Waals surface area contributed by atoms with Gasteiger partial charge in [0.15, 0.2) is 0 Å². The second kappa shape index (κ2) is 7.17. The van der Waals surface area contributed by atoms with Crippen LogP contribution < -0.4 is 5.32 Å². The first-order valence-corrected chi connectivity index (χ1v) is 6.91. The van der Waals surface area contributed by atoms with Gasteiger partial charge in [0.25, 0.3) is 5.69 Å². The molecule has 0 heterocycles. The lowest BCUT2D eigenvalue weighted by Crippen LogP contribution is -2.07. The molecular weight excluding hydrogens is 280 g/mol. The number of nitro groups is 1. The van der Waals surface area contributed by atoms with Crippen LogP contribution in [0.4, 0.5) is 11.4 Å². The minimum Gasteiger partial charge on any atom is -0.323 e. The molecule has 0 aliphatic carbocycles. The zero-order valence-corrected chi connectivity index (χ0v) is 12.2. The number of benzene rings is 2. The van der Waals surface area contributed by atoms with Gasteiger partial charge in [-0.1, -0.05) is 31.2 Å². The van der Waals surface area contributed by atoms with Gasteiger partial charge in [0.05, 0.1) is 4.92 Å². The molecule has 0 radical (unpaired) electrons. The summed E-state index contributed by atoms with van der Waals surface area (Å²) in [5.74, 6) is -0.278. The Balaban J connectivity index is 2.05. The van der Waals surface area contributed by atoms with E-state index in [4.69, 9.17) is 0 Å². The lowest BCUT2D eigenvalue weighted by atomic mass is 10.1. The first-order chi connectivity index (χ1) is 10.6. The highest BCUT2D eigenvalue weighted by atomic mass is 16.6. The number of hydrogen-bond acceptors (Lipinski definition) is 3. The predicted molar refractivity (Wildman–Crippen MR) is 86.6 cm³/mol. The normalized spacial score (nSPS) is 10.6. The molecule has 0 unspecified atom stereocenters. The van der Waals surface area contributed by atoms with Crippen LogP contribution in [0, 0.1) is 10.1 Å². The number of nitrogens with zero attached hydrogens (tertiary/aromatic N) is 1. The Labute approximate surface area is 128 Å². The third-order valence-electron chi connectivity index (χ3n) is 3.11. The Kier molecular flexibility index (Phi) is 5.03. The standard InChI is InChI=1S/C17H16N2O3/c1-2-13-5-3-7-15(11-13)18-17(20)10-9-14-6-4-8-16(12-14)19(21)22/h3-12H,2H2,1H3,(H,18,20)/b10-9+. The van der Waals surface area contributed by atoms with E-state index in [-0.39, 0.29) is 11.6 Å². The number of nitro benzene ring substituents is 1. The van der Waals surface area contributed by atoms with Gasteiger partial charge in [0.1, 0.15) is 0 Å². The van der Waals surface area contributed by atoms with Gasteiger partial charge in [-0.05, 0) is 35.8 Å². The molecule has 0 aliphatic rings. The first kappa shape index (κ1) is 15.4. The van der Waals surface area contributed by atoms with Crippen LogP contribution in [0.5, 0.6) is 0 Å². The summed E-state index contributed by atoms with van der Waals surface area (Å²) in [6.07, 6.45) is 3.80. The Morgan fingerprint density at radius 1 is 1.23 bits per heavy atom. The molecule has 0 saturated carbocycles. The SMILES string of the molecule is CCc1cccc(NC(=O)/C=C/c2cccc([N+](=O)[O-])c2)c1. The highest BCUT2D eigenvalue weighted by Gasteiger charge is 2.04. The number of amides is 1. The summed E-state index contributed by atoms with van der Waals surface area (Å²) in [7, 11) is 0. The van der Waals surface area contributed by atoms with E-state index in [2.05, 4.69) is 5.32 Å². The molecule has 5 heteroatoms. The lowest BCUT2D eigenvalue weighted by Gasteiger charge is -2.04. The summed E-state index contributed by atoms with van der Waals surface area (Å²) in [6, 6.07) is 13.7. The maximum Gasteiger partial charge on any atom is 0.270 e. The van der Waals surface area contributed by atoms with E-state index in [1.165, 1.54) is 18.2 Å². The topological polar surface area (TPSA) is 72.2 Å². The molecule has 0 atom stereocenters. The van der Waals surface area contributed by atoms with E-state index in [9.17, 15) is 14.9 Å². The number of non-ortho nitro benzene ring substituents is 1. The Morgan fingerprint density at radius 3 is 2.73 bits per heavy atom. The molecule has 0 aromatic heterocycles. The molecular formula is C17H16N2O3. The Hall–Kier alpha value is -2.95. The maximum atomic E-state index is 11.9. The summed E-state index contributed by atoms with van der Waals surface area (Å²) >= 11 is 0.